The van der Waals surface area contributed by atoms with E-state index in [2.05, 4.69) is 22.1 Å². The predicted molar refractivity (Wildman–Crippen MR) is 103 cm³/mol. The summed E-state index contributed by atoms with van der Waals surface area (Å²) < 4.78 is 10.6. The van der Waals surface area contributed by atoms with Gasteiger partial charge in [-0.3, -0.25) is 4.99 Å². The van der Waals surface area contributed by atoms with Crippen molar-refractivity contribution < 1.29 is 9.47 Å². The molecule has 0 saturated carbocycles. The lowest BCUT2D eigenvalue weighted by Gasteiger charge is -2.18. The molecule has 3 N–H and O–H groups in total. The molecule has 140 valence electrons. The van der Waals surface area contributed by atoms with E-state index in [9.17, 15) is 0 Å². The molecule has 6 heteroatoms. The monoisotopic (exact) mass is 348 g/mol. The van der Waals surface area contributed by atoms with Crippen molar-refractivity contribution in [2.24, 2.45) is 16.6 Å². The van der Waals surface area contributed by atoms with Gasteiger partial charge in [0.15, 0.2) is 17.5 Å². The van der Waals surface area contributed by atoms with Crippen molar-refractivity contribution in [2.45, 2.75) is 26.2 Å². The zero-order valence-electron chi connectivity index (χ0n) is 15.8. The molecule has 1 aromatic carbocycles. The molecular formula is C19H32N4O2. The first kappa shape index (κ1) is 19.4. The summed E-state index contributed by atoms with van der Waals surface area (Å²) in [5.74, 6) is 2.54. The number of hydrogen-bond acceptors (Lipinski definition) is 4. The van der Waals surface area contributed by atoms with Crippen LogP contribution in [-0.2, 0) is 6.42 Å². The highest BCUT2D eigenvalue weighted by Crippen LogP contribution is 2.27. The van der Waals surface area contributed by atoms with Crippen LogP contribution in [0.4, 0.5) is 0 Å². The predicted octanol–water partition coefficient (Wildman–Crippen LogP) is 1.88. The van der Waals surface area contributed by atoms with E-state index in [1.807, 2.05) is 18.2 Å². The SMILES string of the molecule is COc1ccc(CCNC(N)=NCC(C)CN2CCCC2)cc1OC. The molecule has 1 heterocycles. The van der Waals surface area contributed by atoms with Gasteiger partial charge in [-0.25, -0.2) is 0 Å². The summed E-state index contributed by atoms with van der Waals surface area (Å²) in [7, 11) is 3.29. The van der Waals surface area contributed by atoms with Crippen molar-refractivity contribution >= 4 is 5.96 Å². The number of likely N-dealkylation sites (tertiary alicyclic amines) is 1. The van der Waals surface area contributed by atoms with E-state index < -0.39 is 0 Å². The standard InChI is InChI=1S/C19H32N4O2/c1-15(14-23-10-4-5-11-23)13-22-19(20)21-9-8-16-6-7-17(24-2)18(12-16)25-3/h6-7,12,15H,4-5,8-11,13-14H2,1-3H3,(H3,20,21,22). The number of nitrogens with two attached hydrogens (primary N) is 1. The topological polar surface area (TPSA) is 72.1 Å². The second-order valence-corrected chi connectivity index (χ2v) is 6.70. The van der Waals surface area contributed by atoms with Gasteiger partial charge in [-0.05, 0) is 56.0 Å². The lowest BCUT2D eigenvalue weighted by atomic mass is 10.1. The molecular weight excluding hydrogens is 316 g/mol. The summed E-state index contributed by atoms with van der Waals surface area (Å²) in [6.45, 7) is 7.32. The Balaban J connectivity index is 1.71. The van der Waals surface area contributed by atoms with E-state index >= 15 is 0 Å². The van der Waals surface area contributed by atoms with Gasteiger partial charge in [0.25, 0.3) is 0 Å². The van der Waals surface area contributed by atoms with Gasteiger partial charge in [0.1, 0.15) is 0 Å². The van der Waals surface area contributed by atoms with E-state index in [0.29, 0.717) is 11.9 Å². The normalized spacial score (nSPS) is 16.7. The largest absolute Gasteiger partial charge is 0.493 e. The lowest BCUT2D eigenvalue weighted by Crippen LogP contribution is -2.34. The van der Waals surface area contributed by atoms with Crippen molar-refractivity contribution in [3.8, 4) is 11.5 Å². The molecule has 0 aromatic heterocycles. The molecule has 1 aliphatic heterocycles. The molecule has 1 atom stereocenters. The molecule has 0 bridgehead atoms. The highest BCUT2D eigenvalue weighted by Gasteiger charge is 2.14. The van der Waals surface area contributed by atoms with Crippen molar-refractivity contribution in [3.05, 3.63) is 23.8 Å². The van der Waals surface area contributed by atoms with Gasteiger partial charge in [0.2, 0.25) is 0 Å². The number of hydrogen-bond donors (Lipinski definition) is 2. The highest BCUT2D eigenvalue weighted by atomic mass is 16.5. The third-order valence-electron chi connectivity index (χ3n) is 4.51. The smallest absolute Gasteiger partial charge is 0.188 e. The van der Waals surface area contributed by atoms with Crippen LogP contribution < -0.4 is 20.5 Å². The van der Waals surface area contributed by atoms with Crippen LogP contribution in [0, 0.1) is 5.92 Å². The van der Waals surface area contributed by atoms with E-state index in [0.717, 1.165) is 37.6 Å². The van der Waals surface area contributed by atoms with Crippen LogP contribution in [-0.4, -0.2) is 57.8 Å². The minimum Gasteiger partial charge on any atom is -0.493 e. The molecule has 1 saturated heterocycles. The van der Waals surface area contributed by atoms with Crippen LogP contribution in [0.25, 0.3) is 0 Å². The second kappa shape index (κ2) is 10.1. The fraction of sp³-hybridized carbons (Fsp3) is 0.632. The molecule has 0 radical (unpaired) electrons. The maximum atomic E-state index is 5.98. The Kier molecular flexibility index (Phi) is 7.85. The number of methoxy groups -OCH3 is 2. The summed E-state index contributed by atoms with van der Waals surface area (Å²) >= 11 is 0. The summed E-state index contributed by atoms with van der Waals surface area (Å²) in [6.07, 6.45) is 3.51. The molecule has 1 fully saturated rings. The number of nitrogens with zero attached hydrogens (tertiary/aromatic N) is 2. The van der Waals surface area contributed by atoms with Crippen molar-refractivity contribution in [3.63, 3.8) is 0 Å². The third-order valence-corrected chi connectivity index (χ3v) is 4.51. The van der Waals surface area contributed by atoms with Crippen LogP contribution in [0.15, 0.2) is 23.2 Å². The van der Waals surface area contributed by atoms with Gasteiger partial charge in [-0.1, -0.05) is 13.0 Å². The zero-order valence-corrected chi connectivity index (χ0v) is 15.8. The second-order valence-electron chi connectivity index (χ2n) is 6.70. The first-order valence-corrected chi connectivity index (χ1v) is 9.09. The maximum Gasteiger partial charge on any atom is 0.188 e. The van der Waals surface area contributed by atoms with Crippen molar-refractivity contribution in [1.29, 1.82) is 0 Å². The van der Waals surface area contributed by atoms with E-state index in [-0.39, 0.29) is 0 Å². The first-order valence-electron chi connectivity index (χ1n) is 9.09. The van der Waals surface area contributed by atoms with Crippen LogP contribution in [0.5, 0.6) is 11.5 Å². The Morgan fingerprint density at radius 2 is 1.96 bits per heavy atom. The number of guanidine groups is 1. The first-order chi connectivity index (χ1) is 12.1. The van der Waals surface area contributed by atoms with E-state index in [1.165, 1.54) is 31.5 Å². The van der Waals surface area contributed by atoms with Crippen LogP contribution in [0.1, 0.15) is 25.3 Å². The molecule has 25 heavy (non-hydrogen) atoms. The molecule has 0 spiro atoms. The average molecular weight is 348 g/mol. The fourth-order valence-electron chi connectivity index (χ4n) is 3.14. The van der Waals surface area contributed by atoms with Gasteiger partial charge < -0.3 is 25.4 Å². The van der Waals surface area contributed by atoms with E-state index in [4.69, 9.17) is 15.2 Å². The summed E-state index contributed by atoms with van der Waals surface area (Å²) in [5, 5.41) is 3.19. The number of nitrogens with one attached hydrogen (secondary N) is 1. The third kappa shape index (κ3) is 6.46. The molecule has 0 aliphatic carbocycles. The van der Waals surface area contributed by atoms with E-state index in [1.54, 1.807) is 14.2 Å². The summed E-state index contributed by atoms with van der Waals surface area (Å²) in [4.78, 5) is 6.99. The number of benzene rings is 1. The minimum atomic E-state index is 0.522. The fourth-order valence-corrected chi connectivity index (χ4v) is 3.14. The molecule has 0 amide bonds. The van der Waals surface area contributed by atoms with Gasteiger partial charge >= 0.3 is 0 Å². The Morgan fingerprint density at radius 1 is 1.24 bits per heavy atom. The molecule has 1 unspecified atom stereocenters. The molecule has 2 rings (SSSR count). The molecule has 1 aromatic rings. The van der Waals surface area contributed by atoms with Crippen LogP contribution in [0.3, 0.4) is 0 Å². The number of rotatable bonds is 9. The Bertz CT molecular complexity index is 556. The van der Waals surface area contributed by atoms with Crippen molar-refractivity contribution in [1.82, 2.24) is 10.2 Å². The molecule has 6 nitrogen and oxygen atoms in total. The average Bonchev–Trinajstić information content (AvgIpc) is 3.12. The maximum absolute atomic E-state index is 5.98. The zero-order chi connectivity index (χ0) is 18.1. The van der Waals surface area contributed by atoms with Crippen LogP contribution >= 0.6 is 0 Å². The van der Waals surface area contributed by atoms with Gasteiger partial charge in [0, 0.05) is 19.6 Å². The summed E-state index contributed by atoms with van der Waals surface area (Å²) in [5.41, 5.74) is 7.14. The van der Waals surface area contributed by atoms with Crippen LogP contribution in [0.2, 0.25) is 0 Å². The lowest BCUT2D eigenvalue weighted by molar-refractivity contribution is 0.291. The summed E-state index contributed by atoms with van der Waals surface area (Å²) in [6, 6.07) is 5.95. The quantitative estimate of drug-likeness (QED) is 0.527. The minimum absolute atomic E-state index is 0.522. The van der Waals surface area contributed by atoms with Crippen molar-refractivity contribution in [2.75, 3.05) is 46.9 Å². The molecule has 1 aliphatic rings. The van der Waals surface area contributed by atoms with Gasteiger partial charge in [-0.15, -0.1) is 0 Å². The number of aliphatic imine (C=N–C) groups is 1. The Morgan fingerprint density at radius 3 is 2.64 bits per heavy atom. The van der Waals surface area contributed by atoms with Gasteiger partial charge in [0.05, 0.1) is 14.2 Å². The highest BCUT2D eigenvalue weighted by molar-refractivity contribution is 5.77. The Hall–Kier alpha value is -1.95. The van der Waals surface area contributed by atoms with Gasteiger partial charge in [-0.2, -0.15) is 0 Å². The number of ether oxygens (including phenoxy) is 2. The Labute approximate surface area is 151 Å².